The Labute approximate surface area is 95.8 Å². The Hall–Kier alpha value is -1.62. The smallest absolute Gasteiger partial charge is 0.341 e. The molecule has 1 N–H and O–H groups in total. The largest absolute Gasteiger partial charge is 0.477 e. The number of carbonyl (C=O) groups is 1. The molecular weight excluding hydrogens is 226 g/mol. The molecule has 0 saturated heterocycles. The number of fused-ring (bicyclic) bond motifs is 1. The second kappa shape index (κ2) is 3.75. The van der Waals surface area contributed by atoms with Crippen LogP contribution in [0, 0.1) is 0 Å². The second-order valence-electron chi connectivity index (χ2n) is 3.81. The van der Waals surface area contributed by atoms with Gasteiger partial charge in [0.2, 0.25) is 0 Å². The Morgan fingerprint density at radius 2 is 2.19 bits per heavy atom. The molecule has 0 aliphatic carbocycles. The van der Waals surface area contributed by atoms with Gasteiger partial charge in [-0.05, 0) is 31.4 Å². The minimum atomic E-state index is -1.17. The molecule has 0 bridgehead atoms. The van der Waals surface area contributed by atoms with Crippen molar-refractivity contribution in [2.24, 2.45) is 0 Å². The summed E-state index contributed by atoms with van der Waals surface area (Å²) in [5.74, 6) is -1.17. The molecule has 0 unspecified atom stereocenters. The zero-order chi connectivity index (χ0) is 11.9. The van der Waals surface area contributed by atoms with Crippen LogP contribution in [0.15, 0.2) is 22.3 Å². The summed E-state index contributed by atoms with van der Waals surface area (Å²) < 4.78 is 1.53. The molecule has 0 amide bonds. The third-order valence-corrected chi connectivity index (χ3v) is 3.32. The summed E-state index contributed by atoms with van der Waals surface area (Å²) in [4.78, 5) is 23.7. The minimum Gasteiger partial charge on any atom is -0.477 e. The molecular formula is C11H11NO3S. The van der Waals surface area contributed by atoms with Crippen molar-refractivity contribution in [1.29, 1.82) is 0 Å². The maximum Gasteiger partial charge on any atom is 0.341 e. The maximum atomic E-state index is 12.0. The zero-order valence-electron chi connectivity index (χ0n) is 8.93. The summed E-state index contributed by atoms with van der Waals surface area (Å²) in [6, 6.07) is 3.22. The van der Waals surface area contributed by atoms with Crippen LogP contribution in [0.3, 0.4) is 0 Å². The molecule has 0 fully saturated rings. The fraction of sp³-hybridized carbons (Fsp3) is 0.273. The quantitative estimate of drug-likeness (QED) is 0.872. The lowest BCUT2D eigenvalue weighted by Crippen LogP contribution is -2.27. The van der Waals surface area contributed by atoms with E-state index < -0.39 is 11.5 Å². The molecule has 0 saturated carbocycles. The molecule has 84 valence electrons. The van der Waals surface area contributed by atoms with Crippen LogP contribution >= 0.6 is 11.3 Å². The number of pyridine rings is 1. The average Bonchev–Trinajstić information content (AvgIpc) is 2.62. The molecule has 2 rings (SSSR count). The van der Waals surface area contributed by atoms with E-state index >= 15 is 0 Å². The average molecular weight is 237 g/mol. The first kappa shape index (κ1) is 10.9. The van der Waals surface area contributed by atoms with E-state index in [0.717, 1.165) is 10.2 Å². The number of carboxylic acids is 1. The summed E-state index contributed by atoms with van der Waals surface area (Å²) in [5.41, 5.74) is -0.600. The number of aromatic nitrogens is 1. The number of aromatic carboxylic acids is 1. The van der Waals surface area contributed by atoms with Crippen LogP contribution in [0.5, 0.6) is 0 Å². The topological polar surface area (TPSA) is 59.3 Å². The summed E-state index contributed by atoms with van der Waals surface area (Å²) in [5, 5.41) is 11.6. The molecule has 16 heavy (non-hydrogen) atoms. The Morgan fingerprint density at radius 1 is 1.50 bits per heavy atom. The molecule has 2 heterocycles. The van der Waals surface area contributed by atoms with Crippen molar-refractivity contribution >= 4 is 27.5 Å². The standard InChI is InChI=1S/C11H11NO3S/c1-6(2)12-9(13)8(11(14)15)5-7-3-4-16-10(7)12/h3-6H,1-2H3,(H,14,15). The second-order valence-corrected chi connectivity index (χ2v) is 4.71. The molecule has 0 radical (unpaired) electrons. The highest BCUT2D eigenvalue weighted by molar-refractivity contribution is 7.16. The van der Waals surface area contributed by atoms with E-state index in [-0.39, 0.29) is 11.6 Å². The summed E-state index contributed by atoms with van der Waals surface area (Å²) in [7, 11) is 0. The van der Waals surface area contributed by atoms with Crippen LogP contribution in [-0.4, -0.2) is 15.6 Å². The van der Waals surface area contributed by atoms with Crippen LogP contribution in [-0.2, 0) is 0 Å². The van der Waals surface area contributed by atoms with Gasteiger partial charge in [0.25, 0.3) is 5.56 Å². The third kappa shape index (κ3) is 1.53. The molecule has 4 nitrogen and oxygen atoms in total. The number of hydrogen-bond acceptors (Lipinski definition) is 3. The van der Waals surface area contributed by atoms with E-state index in [9.17, 15) is 9.59 Å². The van der Waals surface area contributed by atoms with E-state index in [2.05, 4.69) is 0 Å². The predicted molar refractivity (Wildman–Crippen MR) is 63.4 cm³/mol. The molecule has 0 aromatic carbocycles. The highest BCUT2D eigenvalue weighted by Crippen LogP contribution is 2.22. The van der Waals surface area contributed by atoms with Crippen molar-refractivity contribution < 1.29 is 9.90 Å². The van der Waals surface area contributed by atoms with Crippen LogP contribution in [0.1, 0.15) is 30.2 Å². The molecule has 0 aliphatic rings. The molecule has 5 heteroatoms. The number of nitrogens with zero attached hydrogens (tertiary/aromatic N) is 1. The van der Waals surface area contributed by atoms with Gasteiger partial charge in [-0.2, -0.15) is 0 Å². The van der Waals surface area contributed by atoms with Crippen molar-refractivity contribution in [3.8, 4) is 0 Å². The first-order valence-corrected chi connectivity index (χ1v) is 5.76. The van der Waals surface area contributed by atoms with Crippen LogP contribution < -0.4 is 5.56 Å². The van der Waals surface area contributed by atoms with Gasteiger partial charge in [0.15, 0.2) is 0 Å². The van der Waals surface area contributed by atoms with Gasteiger partial charge in [-0.15, -0.1) is 11.3 Å². The van der Waals surface area contributed by atoms with Crippen molar-refractivity contribution in [3.63, 3.8) is 0 Å². The highest BCUT2D eigenvalue weighted by atomic mass is 32.1. The lowest BCUT2D eigenvalue weighted by Gasteiger charge is -2.12. The van der Waals surface area contributed by atoms with Gasteiger partial charge in [-0.25, -0.2) is 4.79 Å². The maximum absolute atomic E-state index is 12.0. The number of thiophene rings is 1. The van der Waals surface area contributed by atoms with Crippen LogP contribution in [0.25, 0.3) is 10.2 Å². The van der Waals surface area contributed by atoms with Crippen LogP contribution in [0.2, 0.25) is 0 Å². The van der Waals surface area contributed by atoms with E-state index in [1.54, 1.807) is 0 Å². The lowest BCUT2D eigenvalue weighted by atomic mass is 10.2. The predicted octanol–water partition coefficient (Wildman–Crippen LogP) is 2.34. The molecule has 2 aromatic rings. The monoisotopic (exact) mass is 237 g/mol. The Balaban J connectivity index is 2.92. The fourth-order valence-electron chi connectivity index (χ4n) is 1.68. The van der Waals surface area contributed by atoms with Crippen molar-refractivity contribution in [1.82, 2.24) is 4.57 Å². The van der Waals surface area contributed by atoms with Gasteiger partial charge in [0.1, 0.15) is 10.4 Å². The van der Waals surface area contributed by atoms with Gasteiger partial charge >= 0.3 is 5.97 Å². The Morgan fingerprint density at radius 3 is 2.75 bits per heavy atom. The van der Waals surface area contributed by atoms with Crippen molar-refractivity contribution in [3.05, 3.63) is 33.4 Å². The van der Waals surface area contributed by atoms with E-state index in [0.29, 0.717) is 0 Å². The number of rotatable bonds is 2. The van der Waals surface area contributed by atoms with Crippen molar-refractivity contribution in [2.45, 2.75) is 19.9 Å². The SMILES string of the molecule is CC(C)n1c(=O)c(C(=O)O)cc2ccsc21. The normalized spacial score (nSPS) is 11.2. The number of hydrogen-bond donors (Lipinski definition) is 1. The first-order valence-electron chi connectivity index (χ1n) is 4.88. The van der Waals surface area contributed by atoms with Gasteiger partial charge in [-0.1, -0.05) is 0 Å². The van der Waals surface area contributed by atoms with Crippen molar-refractivity contribution in [2.75, 3.05) is 0 Å². The van der Waals surface area contributed by atoms with Gasteiger partial charge in [0.05, 0.1) is 0 Å². The summed E-state index contributed by atoms with van der Waals surface area (Å²) in [6.07, 6.45) is 0. The molecule has 0 aliphatic heterocycles. The lowest BCUT2D eigenvalue weighted by molar-refractivity contribution is 0.0694. The zero-order valence-corrected chi connectivity index (χ0v) is 9.75. The highest BCUT2D eigenvalue weighted by Gasteiger charge is 2.16. The van der Waals surface area contributed by atoms with E-state index in [1.807, 2.05) is 25.3 Å². The van der Waals surface area contributed by atoms with Gasteiger partial charge in [-0.3, -0.25) is 9.36 Å². The fourth-order valence-corrected chi connectivity index (χ4v) is 2.69. The number of carboxylic acid groups (broad SMARTS) is 1. The molecule has 0 spiro atoms. The van der Waals surface area contributed by atoms with Gasteiger partial charge in [0, 0.05) is 11.4 Å². The van der Waals surface area contributed by atoms with E-state index in [4.69, 9.17) is 5.11 Å². The molecule has 2 aromatic heterocycles. The van der Waals surface area contributed by atoms with Crippen LogP contribution in [0.4, 0.5) is 0 Å². The minimum absolute atomic E-state index is 0.0482. The first-order chi connectivity index (χ1) is 7.52. The van der Waals surface area contributed by atoms with E-state index in [1.165, 1.54) is 22.0 Å². The summed E-state index contributed by atoms with van der Waals surface area (Å²) in [6.45, 7) is 3.73. The Kier molecular flexibility index (Phi) is 2.55. The van der Waals surface area contributed by atoms with Gasteiger partial charge < -0.3 is 5.11 Å². The Bertz CT molecular complexity index is 609. The third-order valence-electron chi connectivity index (χ3n) is 2.39. The molecule has 0 atom stereocenters. The summed E-state index contributed by atoms with van der Waals surface area (Å²) >= 11 is 1.45.